The van der Waals surface area contributed by atoms with E-state index in [2.05, 4.69) is 25.9 Å². The van der Waals surface area contributed by atoms with Crippen LogP contribution in [-0.2, 0) is 17.8 Å². The number of hydrogen-bond donors (Lipinski definition) is 4. The summed E-state index contributed by atoms with van der Waals surface area (Å²) < 4.78 is 0. The third-order valence-electron chi connectivity index (χ3n) is 5.36. The van der Waals surface area contributed by atoms with E-state index in [1.807, 2.05) is 13.8 Å². The van der Waals surface area contributed by atoms with Crippen LogP contribution in [0.15, 0.2) is 29.9 Å². The topological polar surface area (TPSA) is 137 Å². The summed E-state index contributed by atoms with van der Waals surface area (Å²) in [5.74, 6) is -0.494. The van der Waals surface area contributed by atoms with Crippen molar-refractivity contribution in [2.75, 3.05) is 23.7 Å². The van der Waals surface area contributed by atoms with Crippen molar-refractivity contribution in [2.45, 2.75) is 39.3 Å². The van der Waals surface area contributed by atoms with Crippen LogP contribution < -0.4 is 16.0 Å². The van der Waals surface area contributed by atoms with Crippen molar-refractivity contribution >= 4 is 51.3 Å². The summed E-state index contributed by atoms with van der Waals surface area (Å²) >= 11 is 2.68. The summed E-state index contributed by atoms with van der Waals surface area (Å²) in [6.45, 7) is 5.20. The van der Waals surface area contributed by atoms with Gasteiger partial charge in [0.05, 0.1) is 18.4 Å². The van der Waals surface area contributed by atoms with Gasteiger partial charge in [0.1, 0.15) is 15.7 Å². The quantitative estimate of drug-likeness (QED) is 0.358. The van der Waals surface area contributed by atoms with Crippen molar-refractivity contribution in [2.24, 2.45) is 0 Å². The maximum atomic E-state index is 12.7. The first-order chi connectivity index (χ1) is 16.8. The summed E-state index contributed by atoms with van der Waals surface area (Å²) in [6.07, 6.45) is 3.01. The van der Waals surface area contributed by atoms with Gasteiger partial charge in [-0.1, -0.05) is 13.8 Å². The molecular weight excluding hydrogens is 488 g/mol. The Bertz CT molecular complexity index is 1220. The van der Waals surface area contributed by atoms with Gasteiger partial charge in [-0.2, -0.15) is 0 Å². The number of nitrogens with one attached hydrogen (secondary N) is 3. The zero-order valence-corrected chi connectivity index (χ0v) is 21.0. The molecule has 1 aliphatic heterocycles. The summed E-state index contributed by atoms with van der Waals surface area (Å²) in [7, 11) is 0. The fraction of sp³-hybridized carbons (Fsp3) is 0.348. The number of carboxylic acid groups (broad SMARTS) is 1. The van der Waals surface area contributed by atoms with Crippen LogP contribution >= 0.6 is 22.7 Å². The molecule has 0 bridgehead atoms. The van der Waals surface area contributed by atoms with Gasteiger partial charge in [-0.05, 0) is 24.1 Å². The van der Waals surface area contributed by atoms with Gasteiger partial charge < -0.3 is 26.0 Å². The minimum atomic E-state index is -0.973. The van der Waals surface area contributed by atoms with Gasteiger partial charge in [-0.15, -0.1) is 22.7 Å². The molecule has 0 atom stereocenters. The first kappa shape index (κ1) is 24.8. The fourth-order valence-electron chi connectivity index (χ4n) is 3.67. The minimum absolute atomic E-state index is 0.140. The van der Waals surface area contributed by atoms with Crippen LogP contribution in [0, 0.1) is 0 Å². The van der Waals surface area contributed by atoms with E-state index in [0.29, 0.717) is 41.6 Å². The number of hydrogen-bond acceptors (Lipinski definition) is 8. The van der Waals surface area contributed by atoms with Gasteiger partial charge in [0.25, 0.3) is 5.91 Å². The van der Waals surface area contributed by atoms with Crippen molar-refractivity contribution in [3.8, 4) is 10.6 Å². The Kier molecular flexibility index (Phi) is 7.73. The number of fused-ring (bicyclic) bond motifs is 1. The second kappa shape index (κ2) is 10.9. The van der Waals surface area contributed by atoms with Gasteiger partial charge in [-0.25, -0.2) is 9.78 Å². The molecule has 3 aromatic heterocycles. The predicted octanol–water partition coefficient (Wildman–Crippen LogP) is 3.88. The molecule has 1 aliphatic rings. The second-order valence-electron chi connectivity index (χ2n) is 8.30. The summed E-state index contributed by atoms with van der Waals surface area (Å²) in [5, 5.41) is 21.3. The Morgan fingerprint density at radius 2 is 2.09 bits per heavy atom. The molecule has 10 nitrogen and oxygen atoms in total. The highest BCUT2D eigenvalue weighted by molar-refractivity contribution is 7.18. The Hall–Kier alpha value is -3.35. The molecule has 12 heteroatoms. The molecule has 0 unspecified atom stereocenters. The van der Waals surface area contributed by atoms with E-state index < -0.39 is 6.09 Å². The van der Waals surface area contributed by atoms with Gasteiger partial charge >= 0.3 is 6.09 Å². The zero-order valence-electron chi connectivity index (χ0n) is 19.3. The van der Waals surface area contributed by atoms with Crippen molar-refractivity contribution in [1.82, 2.24) is 20.2 Å². The zero-order chi connectivity index (χ0) is 24.9. The number of aromatic nitrogens is 2. The highest BCUT2D eigenvalue weighted by Gasteiger charge is 2.29. The lowest BCUT2D eigenvalue weighted by molar-refractivity contribution is -0.116. The number of thiophene rings is 1. The van der Waals surface area contributed by atoms with Gasteiger partial charge in [0.15, 0.2) is 0 Å². The molecule has 3 aromatic rings. The monoisotopic (exact) mass is 514 g/mol. The predicted molar refractivity (Wildman–Crippen MR) is 136 cm³/mol. The number of thiazole rings is 1. The van der Waals surface area contributed by atoms with Crippen molar-refractivity contribution in [3.63, 3.8) is 0 Å². The number of rotatable bonds is 8. The smallest absolute Gasteiger partial charge is 0.407 e. The van der Waals surface area contributed by atoms with Gasteiger partial charge in [0.2, 0.25) is 5.91 Å². The lowest BCUT2D eigenvalue weighted by atomic mass is 10.0. The molecule has 0 aromatic carbocycles. The molecule has 0 radical (unpaired) electrons. The van der Waals surface area contributed by atoms with Crippen molar-refractivity contribution < 1.29 is 19.5 Å². The molecule has 4 N–H and O–H groups in total. The Morgan fingerprint density at radius 1 is 1.26 bits per heavy atom. The lowest BCUT2D eigenvalue weighted by Crippen LogP contribution is -2.34. The molecule has 0 saturated heterocycles. The maximum Gasteiger partial charge on any atom is 0.407 e. The van der Waals surface area contributed by atoms with Crippen LogP contribution in [0.2, 0.25) is 0 Å². The number of amides is 3. The fourth-order valence-corrected chi connectivity index (χ4v) is 5.89. The SMILES string of the molecule is CC(C)NCCC(=O)Nc1sc2c(c1-c1nc(C(=O)Nc3cccnc3)cs1)CCN(C(=O)O)C2. The lowest BCUT2D eigenvalue weighted by Gasteiger charge is -2.24. The van der Waals surface area contributed by atoms with E-state index in [1.54, 1.807) is 29.9 Å². The number of anilines is 2. The highest BCUT2D eigenvalue weighted by atomic mass is 32.1. The van der Waals surface area contributed by atoms with E-state index in [-0.39, 0.29) is 30.1 Å². The standard InChI is InChI=1S/C23H26N6O4S2/c1-13(2)25-8-5-18(30)28-22-19(15-6-9-29(23(32)33)11-17(15)35-22)21-27-16(12-34-21)20(31)26-14-4-3-7-24-10-14/h3-4,7,10,12-13,25H,5-6,8-9,11H2,1-2H3,(H,26,31)(H,28,30)(H,32,33). The molecular formula is C23H26N6O4S2. The normalized spacial score (nSPS) is 12.9. The molecule has 35 heavy (non-hydrogen) atoms. The molecule has 184 valence electrons. The third kappa shape index (κ3) is 6.02. The van der Waals surface area contributed by atoms with E-state index in [9.17, 15) is 19.5 Å². The average molecular weight is 515 g/mol. The third-order valence-corrected chi connectivity index (χ3v) is 7.35. The maximum absolute atomic E-state index is 12.7. The van der Waals surface area contributed by atoms with Crippen LogP contribution in [0.3, 0.4) is 0 Å². The van der Waals surface area contributed by atoms with Crippen LogP contribution in [0.1, 0.15) is 41.2 Å². The molecule has 3 amide bonds. The van der Waals surface area contributed by atoms with Crippen LogP contribution in [0.4, 0.5) is 15.5 Å². The summed E-state index contributed by atoms with van der Waals surface area (Å²) in [5.41, 5.74) is 2.56. The molecule has 0 fully saturated rings. The Labute approximate surface area is 210 Å². The van der Waals surface area contributed by atoms with Crippen LogP contribution in [-0.4, -0.2) is 57.0 Å². The molecule has 0 aliphatic carbocycles. The first-order valence-corrected chi connectivity index (χ1v) is 12.8. The van der Waals surface area contributed by atoms with Crippen molar-refractivity contribution in [3.05, 3.63) is 46.0 Å². The van der Waals surface area contributed by atoms with Crippen LogP contribution in [0.25, 0.3) is 10.6 Å². The number of carbonyl (C=O) groups is 3. The Balaban J connectivity index is 1.60. The minimum Gasteiger partial charge on any atom is -0.465 e. The summed E-state index contributed by atoms with van der Waals surface area (Å²) in [6, 6.07) is 3.75. The second-order valence-corrected chi connectivity index (χ2v) is 10.3. The van der Waals surface area contributed by atoms with E-state index in [1.165, 1.54) is 27.6 Å². The van der Waals surface area contributed by atoms with Gasteiger partial charge in [-0.3, -0.25) is 14.6 Å². The largest absolute Gasteiger partial charge is 0.465 e. The summed E-state index contributed by atoms with van der Waals surface area (Å²) in [4.78, 5) is 47.6. The number of pyridine rings is 1. The number of nitrogens with zero attached hydrogens (tertiary/aromatic N) is 3. The molecule has 0 saturated carbocycles. The molecule has 4 rings (SSSR count). The first-order valence-electron chi connectivity index (χ1n) is 11.1. The van der Waals surface area contributed by atoms with E-state index >= 15 is 0 Å². The highest BCUT2D eigenvalue weighted by Crippen LogP contribution is 2.44. The van der Waals surface area contributed by atoms with E-state index in [0.717, 1.165) is 16.0 Å². The molecule has 0 spiro atoms. The van der Waals surface area contributed by atoms with Gasteiger partial charge in [0, 0.05) is 47.6 Å². The molecule has 4 heterocycles. The van der Waals surface area contributed by atoms with E-state index in [4.69, 9.17) is 0 Å². The Morgan fingerprint density at radius 3 is 2.80 bits per heavy atom. The van der Waals surface area contributed by atoms with Crippen LogP contribution in [0.5, 0.6) is 0 Å². The average Bonchev–Trinajstić information content (AvgIpc) is 3.43. The number of carbonyl (C=O) groups excluding carboxylic acids is 2. The van der Waals surface area contributed by atoms with Crippen molar-refractivity contribution in [1.29, 1.82) is 0 Å².